The van der Waals surface area contributed by atoms with E-state index in [0.717, 1.165) is 23.5 Å². The van der Waals surface area contributed by atoms with E-state index in [1.54, 1.807) is 11.3 Å². The maximum atomic E-state index is 5.93. The van der Waals surface area contributed by atoms with Gasteiger partial charge in [0.1, 0.15) is 0 Å². The van der Waals surface area contributed by atoms with Crippen LogP contribution in [0.2, 0.25) is 0 Å². The van der Waals surface area contributed by atoms with Crippen LogP contribution in [0, 0.1) is 0 Å². The Morgan fingerprint density at radius 3 is 2.87 bits per heavy atom. The number of alkyl halides is 1. The van der Waals surface area contributed by atoms with Crippen LogP contribution in [0.4, 0.5) is 5.13 Å². The molecule has 0 unspecified atom stereocenters. The molecule has 1 aromatic heterocycles. The molecule has 0 amide bonds. The minimum absolute atomic E-state index is 0.358. The molecule has 1 N–H and O–H groups in total. The Hall–Kier alpha value is -0.800. The smallest absolute Gasteiger partial charge is 0.184 e. The highest BCUT2D eigenvalue weighted by atomic mass is 35.5. The number of anilines is 1. The van der Waals surface area contributed by atoms with Crippen molar-refractivity contribution in [2.24, 2.45) is 0 Å². The highest BCUT2D eigenvalue weighted by Crippen LogP contribution is 2.31. The second-order valence-corrected chi connectivity index (χ2v) is 5.54. The SMILES string of the molecule is ClC1CC(Nc2nc3ccccc3s2)C1. The number of nitrogens with zero attached hydrogens (tertiary/aromatic N) is 1. The molecule has 1 aromatic carbocycles. The normalized spacial score (nSPS) is 25.1. The molecule has 0 spiro atoms. The van der Waals surface area contributed by atoms with Crippen molar-refractivity contribution in [3.8, 4) is 0 Å². The standard InChI is InChI=1S/C11H11ClN2S/c12-7-5-8(6-7)13-11-14-9-3-1-2-4-10(9)15-11/h1-4,7-8H,5-6H2,(H,13,14). The van der Waals surface area contributed by atoms with Crippen molar-refractivity contribution in [3.05, 3.63) is 24.3 Å². The number of thiazole rings is 1. The van der Waals surface area contributed by atoms with Crippen LogP contribution in [-0.4, -0.2) is 16.4 Å². The summed E-state index contributed by atoms with van der Waals surface area (Å²) in [5.74, 6) is 0. The molecular formula is C11H11ClN2S. The van der Waals surface area contributed by atoms with Gasteiger partial charge in [0.2, 0.25) is 0 Å². The van der Waals surface area contributed by atoms with Gasteiger partial charge in [-0.15, -0.1) is 11.6 Å². The summed E-state index contributed by atoms with van der Waals surface area (Å²) in [5, 5.41) is 4.80. The number of benzene rings is 1. The van der Waals surface area contributed by atoms with Crippen LogP contribution in [-0.2, 0) is 0 Å². The first kappa shape index (κ1) is 9.43. The fraction of sp³-hybridized carbons (Fsp3) is 0.364. The molecule has 0 bridgehead atoms. The Labute approximate surface area is 97.3 Å². The average Bonchev–Trinajstić information content (AvgIpc) is 2.57. The van der Waals surface area contributed by atoms with E-state index in [0.29, 0.717) is 11.4 Å². The molecule has 1 aliphatic rings. The fourth-order valence-electron chi connectivity index (χ4n) is 1.77. The molecule has 1 fully saturated rings. The molecule has 1 aliphatic carbocycles. The Balaban J connectivity index is 1.80. The summed E-state index contributed by atoms with van der Waals surface area (Å²) < 4.78 is 1.24. The Bertz CT molecular complexity index is 443. The summed E-state index contributed by atoms with van der Waals surface area (Å²) >= 11 is 7.64. The van der Waals surface area contributed by atoms with Crippen molar-refractivity contribution < 1.29 is 0 Å². The topological polar surface area (TPSA) is 24.9 Å². The molecule has 2 nitrogen and oxygen atoms in total. The summed E-state index contributed by atoms with van der Waals surface area (Å²) in [6.07, 6.45) is 2.11. The highest BCUT2D eigenvalue weighted by molar-refractivity contribution is 7.22. The lowest BCUT2D eigenvalue weighted by Gasteiger charge is -2.31. The second-order valence-electron chi connectivity index (χ2n) is 3.90. The van der Waals surface area contributed by atoms with Crippen LogP contribution in [0.15, 0.2) is 24.3 Å². The van der Waals surface area contributed by atoms with Gasteiger partial charge in [-0.25, -0.2) is 4.98 Å². The zero-order chi connectivity index (χ0) is 10.3. The lowest BCUT2D eigenvalue weighted by atomic mass is 9.93. The fourth-order valence-corrected chi connectivity index (χ4v) is 3.15. The molecular weight excluding hydrogens is 228 g/mol. The van der Waals surface area contributed by atoms with Gasteiger partial charge >= 0.3 is 0 Å². The van der Waals surface area contributed by atoms with Crippen LogP contribution < -0.4 is 5.32 Å². The van der Waals surface area contributed by atoms with E-state index in [9.17, 15) is 0 Å². The minimum Gasteiger partial charge on any atom is -0.359 e. The van der Waals surface area contributed by atoms with Gasteiger partial charge in [-0.2, -0.15) is 0 Å². The largest absolute Gasteiger partial charge is 0.359 e. The first-order valence-corrected chi connectivity index (χ1v) is 6.33. The van der Waals surface area contributed by atoms with Crippen molar-refractivity contribution in [1.29, 1.82) is 0 Å². The van der Waals surface area contributed by atoms with Crippen LogP contribution in [0.3, 0.4) is 0 Å². The number of rotatable bonds is 2. The van der Waals surface area contributed by atoms with Gasteiger partial charge in [-0.3, -0.25) is 0 Å². The van der Waals surface area contributed by atoms with Gasteiger partial charge in [0, 0.05) is 11.4 Å². The first-order chi connectivity index (χ1) is 7.31. The van der Waals surface area contributed by atoms with Crippen LogP contribution in [0.1, 0.15) is 12.8 Å². The Kier molecular flexibility index (Phi) is 2.29. The maximum Gasteiger partial charge on any atom is 0.184 e. The summed E-state index contributed by atoms with van der Waals surface area (Å²) in [6, 6.07) is 8.73. The first-order valence-electron chi connectivity index (χ1n) is 5.07. The zero-order valence-electron chi connectivity index (χ0n) is 8.11. The highest BCUT2D eigenvalue weighted by Gasteiger charge is 2.27. The molecule has 0 atom stereocenters. The number of hydrogen-bond acceptors (Lipinski definition) is 3. The third-order valence-corrected chi connectivity index (χ3v) is 4.03. The van der Waals surface area contributed by atoms with Crippen molar-refractivity contribution in [1.82, 2.24) is 4.98 Å². The van der Waals surface area contributed by atoms with Gasteiger partial charge in [-0.05, 0) is 25.0 Å². The summed E-state index contributed by atoms with van der Waals surface area (Å²) in [6.45, 7) is 0. The summed E-state index contributed by atoms with van der Waals surface area (Å²) in [7, 11) is 0. The van der Waals surface area contributed by atoms with Gasteiger partial charge in [0.25, 0.3) is 0 Å². The summed E-state index contributed by atoms with van der Waals surface area (Å²) in [5.41, 5.74) is 1.08. The van der Waals surface area contributed by atoms with Crippen molar-refractivity contribution >= 4 is 38.3 Å². The number of fused-ring (bicyclic) bond motifs is 1. The van der Waals surface area contributed by atoms with Gasteiger partial charge in [0.15, 0.2) is 5.13 Å². The quantitative estimate of drug-likeness (QED) is 0.811. The van der Waals surface area contributed by atoms with Gasteiger partial charge in [-0.1, -0.05) is 23.5 Å². The average molecular weight is 239 g/mol. The molecule has 0 radical (unpaired) electrons. The van der Waals surface area contributed by atoms with Crippen molar-refractivity contribution in [2.75, 3.05) is 5.32 Å². The van der Waals surface area contributed by atoms with E-state index >= 15 is 0 Å². The molecule has 15 heavy (non-hydrogen) atoms. The van der Waals surface area contributed by atoms with Crippen molar-refractivity contribution in [2.45, 2.75) is 24.3 Å². The predicted octanol–water partition coefficient (Wildman–Crippen LogP) is 3.48. The second kappa shape index (κ2) is 3.65. The molecule has 1 heterocycles. The number of aromatic nitrogens is 1. The molecule has 4 heteroatoms. The van der Waals surface area contributed by atoms with E-state index in [1.165, 1.54) is 4.70 Å². The third kappa shape index (κ3) is 1.82. The molecule has 2 aromatic rings. The lowest BCUT2D eigenvalue weighted by Crippen LogP contribution is -2.35. The van der Waals surface area contributed by atoms with E-state index in [4.69, 9.17) is 11.6 Å². The molecule has 78 valence electrons. The van der Waals surface area contributed by atoms with Crippen LogP contribution >= 0.6 is 22.9 Å². The number of hydrogen-bond donors (Lipinski definition) is 1. The van der Waals surface area contributed by atoms with Crippen LogP contribution in [0.5, 0.6) is 0 Å². The monoisotopic (exact) mass is 238 g/mol. The third-order valence-electron chi connectivity index (χ3n) is 2.70. The molecule has 3 rings (SSSR count). The van der Waals surface area contributed by atoms with E-state index in [1.807, 2.05) is 18.2 Å². The molecule has 1 saturated carbocycles. The summed E-state index contributed by atoms with van der Waals surface area (Å²) in [4.78, 5) is 4.52. The molecule has 0 saturated heterocycles. The molecule has 0 aliphatic heterocycles. The van der Waals surface area contributed by atoms with E-state index < -0.39 is 0 Å². The number of para-hydroxylation sites is 1. The predicted molar refractivity (Wildman–Crippen MR) is 65.9 cm³/mol. The van der Waals surface area contributed by atoms with Gasteiger partial charge < -0.3 is 5.32 Å². The Morgan fingerprint density at radius 1 is 1.33 bits per heavy atom. The number of nitrogens with one attached hydrogen (secondary N) is 1. The van der Waals surface area contributed by atoms with E-state index in [-0.39, 0.29) is 0 Å². The zero-order valence-corrected chi connectivity index (χ0v) is 9.68. The van der Waals surface area contributed by atoms with Crippen LogP contribution in [0.25, 0.3) is 10.2 Å². The maximum absolute atomic E-state index is 5.93. The minimum atomic E-state index is 0.358. The lowest BCUT2D eigenvalue weighted by molar-refractivity contribution is 0.454. The Morgan fingerprint density at radius 2 is 2.13 bits per heavy atom. The van der Waals surface area contributed by atoms with E-state index in [2.05, 4.69) is 16.4 Å². The van der Waals surface area contributed by atoms with Gasteiger partial charge in [0.05, 0.1) is 10.2 Å². The number of halogens is 1. The van der Waals surface area contributed by atoms with Crippen molar-refractivity contribution in [3.63, 3.8) is 0 Å².